The zero-order chi connectivity index (χ0) is 37.2. The third-order valence-electron chi connectivity index (χ3n) is 11.4. The third-order valence-corrected chi connectivity index (χ3v) is 12.5. The van der Waals surface area contributed by atoms with Crippen molar-refractivity contribution in [2.75, 3.05) is 0 Å². The van der Waals surface area contributed by atoms with Crippen LogP contribution in [0.2, 0.25) is 0 Å². The van der Waals surface area contributed by atoms with Gasteiger partial charge in [0.25, 0.3) is 0 Å². The van der Waals surface area contributed by atoms with Gasteiger partial charge in [0, 0.05) is 26.3 Å². The first kappa shape index (κ1) is 32.4. The minimum Gasteiger partial charge on any atom is -0.228 e. The van der Waals surface area contributed by atoms with Gasteiger partial charge < -0.3 is 0 Å². The van der Waals surface area contributed by atoms with E-state index in [0.717, 1.165) is 50.0 Å². The molecule has 1 aliphatic heterocycles. The largest absolute Gasteiger partial charge is 0.228 e. The quantitative estimate of drug-likeness (QED) is 0.181. The Morgan fingerprint density at radius 2 is 1.00 bits per heavy atom. The van der Waals surface area contributed by atoms with Gasteiger partial charge in [0.05, 0.1) is 28.3 Å². The lowest BCUT2D eigenvalue weighted by Crippen LogP contribution is -2.32. The number of aromatic nitrogens is 2. The zero-order valence-corrected chi connectivity index (χ0v) is 31.0. The first-order valence-electron chi connectivity index (χ1n) is 18.8. The van der Waals surface area contributed by atoms with Crippen LogP contribution in [-0.2, 0) is 5.41 Å². The molecule has 0 saturated heterocycles. The Kier molecular flexibility index (Phi) is 7.38. The van der Waals surface area contributed by atoms with Gasteiger partial charge >= 0.3 is 0 Å². The minimum absolute atomic E-state index is 0.551. The molecule has 0 fully saturated rings. The van der Waals surface area contributed by atoms with Gasteiger partial charge in [-0.25, -0.2) is 9.97 Å². The molecule has 3 nitrogen and oxygen atoms in total. The van der Waals surface area contributed by atoms with Gasteiger partial charge in [0.15, 0.2) is 5.82 Å². The van der Waals surface area contributed by atoms with Crippen LogP contribution in [-0.4, -0.2) is 9.97 Å². The Morgan fingerprint density at radius 1 is 0.429 bits per heavy atom. The second-order valence-electron chi connectivity index (χ2n) is 14.4. The first-order valence-corrected chi connectivity index (χ1v) is 19.6. The average molecular weight is 730 g/mol. The number of para-hydroxylation sites is 1. The third kappa shape index (κ3) is 4.92. The highest BCUT2D eigenvalue weighted by molar-refractivity contribution is 7.99. The lowest BCUT2D eigenvalue weighted by Gasteiger charge is -2.40. The number of fused-ring (bicyclic) bond motifs is 10. The van der Waals surface area contributed by atoms with E-state index in [4.69, 9.17) is 9.97 Å². The van der Waals surface area contributed by atoms with E-state index >= 15 is 0 Å². The van der Waals surface area contributed by atoms with E-state index in [-0.39, 0.29) is 0 Å². The Morgan fingerprint density at radius 3 is 1.75 bits per heavy atom. The molecule has 0 atom stereocenters. The fourth-order valence-corrected chi connectivity index (χ4v) is 10.0. The van der Waals surface area contributed by atoms with Gasteiger partial charge in [-0.1, -0.05) is 157 Å². The van der Waals surface area contributed by atoms with Crippen molar-refractivity contribution in [3.8, 4) is 62.1 Å². The molecular weight excluding hydrogens is 699 g/mol. The summed E-state index contributed by atoms with van der Waals surface area (Å²) in [7, 11) is 0. The highest BCUT2D eigenvalue weighted by Crippen LogP contribution is 2.62. The van der Waals surface area contributed by atoms with Crippen molar-refractivity contribution in [2.45, 2.75) is 15.2 Å². The monoisotopic (exact) mass is 729 g/mol. The Labute approximate surface area is 329 Å². The minimum atomic E-state index is -0.551. The smallest absolute Gasteiger partial charge is 0.160 e. The molecule has 56 heavy (non-hydrogen) atoms. The van der Waals surface area contributed by atoms with E-state index < -0.39 is 5.41 Å². The first-order chi connectivity index (χ1) is 27.7. The maximum atomic E-state index is 10.1. The van der Waals surface area contributed by atoms with E-state index in [9.17, 15) is 5.26 Å². The van der Waals surface area contributed by atoms with Crippen LogP contribution in [0.1, 0.15) is 27.8 Å². The number of hydrogen-bond donors (Lipinski definition) is 0. The molecule has 2 heterocycles. The maximum absolute atomic E-state index is 10.1. The van der Waals surface area contributed by atoms with Crippen molar-refractivity contribution < 1.29 is 0 Å². The molecule has 0 N–H and O–H groups in total. The lowest BCUT2D eigenvalue weighted by atomic mass is 9.66. The van der Waals surface area contributed by atoms with Gasteiger partial charge in [-0.05, 0) is 98.1 Å². The van der Waals surface area contributed by atoms with Crippen molar-refractivity contribution in [1.82, 2.24) is 9.97 Å². The molecule has 0 amide bonds. The normalized spacial score (nSPS) is 13.1. The molecule has 8 aromatic carbocycles. The van der Waals surface area contributed by atoms with E-state index in [1.165, 1.54) is 43.2 Å². The van der Waals surface area contributed by atoms with Gasteiger partial charge in [-0.2, -0.15) is 5.26 Å². The summed E-state index contributed by atoms with van der Waals surface area (Å²) in [6.07, 6.45) is 0. The summed E-state index contributed by atoms with van der Waals surface area (Å²) in [6, 6.07) is 69.1. The molecule has 0 radical (unpaired) electrons. The van der Waals surface area contributed by atoms with Crippen molar-refractivity contribution in [1.29, 1.82) is 5.26 Å². The fraction of sp³-hybridized carbons (Fsp3) is 0.0192. The summed E-state index contributed by atoms with van der Waals surface area (Å²) in [4.78, 5) is 12.5. The standard InChI is InChI=1S/C52H31N3S/c53-32-33-21-27-48-45(29-33)52(43-18-7-4-15-40(43)41-16-5-8-19-44(41)52)46-31-39(26-28-49(46)56-48)38-14-10-13-37(30-38)34-22-24-36(25-23-34)51-54-47-20-9-6-17-42(47)50(55-51)35-11-2-1-3-12-35/h1-31H. The number of nitrogens with zero attached hydrogens (tertiary/aromatic N) is 3. The summed E-state index contributed by atoms with van der Waals surface area (Å²) >= 11 is 1.80. The highest BCUT2D eigenvalue weighted by atomic mass is 32.2. The number of nitriles is 1. The molecule has 260 valence electrons. The zero-order valence-electron chi connectivity index (χ0n) is 30.1. The van der Waals surface area contributed by atoms with Crippen molar-refractivity contribution in [3.05, 3.63) is 216 Å². The molecule has 0 unspecified atom stereocenters. The van der Waals surface area contributed by atoms with E-state index in [2.05, 4.69) is 158 Å². The fourth-order valence-electron chi connectivity index (χ4n) is 8.86. The summed E-state index contributed by atoms with van der Waals surface area (Å²) < 4.78 is 0. The van der Waals surface area contributed by atoms with Crippen LogP contribution < -0.4 is 0 Å². The summed E-state index contributed by atoms with van der Waals surface area (Å²) in [5, 5.41) is 11.1. The molecule has 1 spiro atoms. The van der Waals surface area contributed by atoms with Crippen LogP contribution in [0.3, 0.4) is 0 Å². The highest BCUT2D eigenvalue weighted by Gasteiger charge is 2.50. The molecular formula is C52H31N3S. The number of benzene rings is 8. The molecule has 1 aromatic heterocycles. The van der Waals surface area contributed by atoms with E-state index in [1.54, 1.807) is 11.8 Å². The summed E-state index contributed by atoms with van der Waals surface area (Å²) in [5.41, 5.74) is 16.0. The van der Waals surface area contributed by atoms with Gasteiger partial charge in [-0.3, -0.25) is 0 Å². The predicted molar refractivity (Wildman–Crippen MR) is 227 cm³/mol. The van der Waals surface area contributed by atoms with Gasteiger partial charge in [-0.15, -0.1) is 0 Å². The van der Waals surface area contributed by atoms with Crippen molar-refractivity contribution in [2.24, 2.45) is 0 Å². The molecule has 1 aliphatic carbocycles. The van der Waals surface area contributed by atoms with E-state index in [0.29, 0.717) is 11.4 Å². The molecule has 0 saturated carbocycles. The molecule has 0 bridgehead atoms. The van der Waals surface area contributed by atoms with Gasteiger partial charge in [0.2, 0.25) is 0 Å². The van der Waals surface area contributed by atoms with Crippen LogP contribution in [0.4, 0.5) is 0 Å². The number of rotatable bonds is 4. The Balaban J connectivity index is 1.01. The number of hydrogen-bond acceptors (Lipinski definition) is 4. The topological polar surface area (TPSA) is 49.6 Å². The summed E-state index contributed by atoms with van der Waals surface area (Å²) in [6.45, 7) is 0. The van der Waals surface area contributed by atoms with Crippen LogP contribution in [0.25, 0.3) is 66.9 Å². The SMILES string of the molecule is N#Cc1ccc2c(c1)C1(c3cc(-c4cccc(-c5ccc(-c6nc(-c7ccccc7)c7ccccc7n6)cc5)c4)ccc3S2)c2ccccc2-c2ccccc21. The molecule has 2 aliphatic rings. The second-order valence-corrected chi connectivity index (χ2v) is 15.5. The molecule has 4 heteroatoms. The Hall–Kier alpha value is -7.06. The maximum Gasteiger partial charge on any atom is 0.160 e. The van der Waals surface area contributed by atoms with Gasteiger partial charge in [0.1, 0.15) is 0 Å². The average Bonchev–Trinajstić information content (AvgIpc) is 3.57. The second kappa shape index (κ2) is 12.8. The van der Waals surface area contributed by atoms with Crippen LogP contribution in [0.5, 0.6) is 0 Å². The molecule has 9 aromatic rings. The molecule has 11 rings (SSSR count). The van der Waals surface area contributed by atoms with Crippen molar-refractivity contribution >= 4 is 22.7 Å². The van der Waals surface area contributed by atoms with Crippen LogP contribution >= 0.6 is 11.8 Å². The van der Waals surface area contributed by atoms with Crippen LogP contribution in [0, 0.1) is 11.3 Å². The lowest BCUT2D eigenvalue weighted by molar-refractivity contribution is 0.722. The Bertz CT molecular complexity index is 3020. The predicted octanol–water partition coefficient (Wildman–Crippen LogP) is 13.0. The van der Waals surface area contributed by atoms with Crippen molar-refractivity contribution in [3.63, 3.8) is 0 Å². The van der Waals surface area contributed by atoms with E-state index in [1.807, 2.05) is 36.4 Å². The van der Waals surface area contributed by atoms with Crippen LogP contribution in [0.15, 0.2) is 198 Å². The summed E-state index contributed by atoms with van der Waals surface area (Å²) in [5.74, 6) is 0.710.